The van der Waals surface area contributed by atoms with Crippen LogP contribution in [0.2, 0.25) is 0 Å². The Bertz CT molecular complexity index is 460. The predicted molar refractivity (Wildman–Crippen MR) is 70.4 cm³/mol. The Morgan fingerprint density at radius 3 is 2.56 bits per heavy atom. The van der Waals surface area contributed by atoms with E-state index in [0.29, 0.717) is 6.54 Å². The smallest absolute Gasteiger partial charge is 0.180 e. The average molecular weight is 346 g/mol. The minimum absolute atomic E-state index is 0.611. The largest absolute Gasteiger partial charge is 0.447 e. The van der Waals surface area contributed by atoms with Gasteiger partial charge in [-0.15, -0.1) is 0 Å². The molecule has 0 saturated carbocycles. The van der Waals surface area contributed by atoms with Crippen molar-refractivity contribution >= 4 is 37.5 Å². The molecule has 0 aliphatic heterocycles. The van der Waals surface area contributed by atoms with Gasteiger partial charge in [-0.2, -0.15) is 0 Å². The summed E-state index contributed by atoms with van der Waals surface area (Å²) in [5.74, 6) is 0.805. The molecule has 1 N–H and O–H groups in total. The van der Waals surface area contributed by atoms with Crippen LogP contribution >= 0.6 is 31.9 Å². The summed E-state index contributed by atoms with van der Waals surface area (Å²) in [5.41, 5.74) is 2.21. The minimum atomic E-state index is 0.611. The fraction of sp³-hybridized carbons (Fsp3) is 0.182. The van der Waals surface area contributed by atoms with E-state index < -0.39 is 0 Å². The van der Waals surface area contributed by atoms with Crippen molar-refractivity contribution in [3.05, 3.63) is 45.0 Å². The molecule has 16 heavy (non-hydrogen) atoms. The maximum Gasteiger partial charge on any atom is 0.180 e. The lowest BCUT2D eigenvalue weighted by atomic mass is 10.2. The van der Waals surface area contributed by atoms with Gasteiger partial charge >= 0.3 is 0 Å². The van der Waals surface area contributed by atoms with Gasteiger partial charge in [0.1, 0.15) is 5.76 Å². The molecule has 0 bridgehead atoms. The SMILES string of the molecule is Cc1cc(Br)c(NCc2cnco2)c(Br)c1. The molecule has 5 heteroatoms. The first kappa shape index (κ1) is 11.7. The Labute approximate surface area is 111 Å². The van der Waals surface area contributed by atoms with E-state index >= 15 is 0 Å². The van der Waals surface area contributed by atoms with Crippen LogP contribution in [-0.2, 0) is 6.54 Å². The topological polar surface area (TPSA) is 38.1 Å². The van der Waals surface area contributed by atoms with E-state index in [9.17, 15) is 0 Å². The standard InChI is InChI=1S/C11H10Br2N2O/c1-7-2-9(12)11(10(13)3-7)15-5-8-4-14-6-16-8/h2-4,6,15H,5H2,1H3. The monoisotopic (exact) mass is 344 g/mol. The summed E-state index contributed by atoms with van der Waals surface area (Å²) in [6.45, 7) is 2.66. The number of nitrogens with one attached hydrogen (secondary N) is 1. The molecule has 1 heterocycles. The lowest BCUT2D eigenvalue weighted by Gasteiger charge is -2.10. The highest BCUT2D eigenvalue weighted by Crippen LogP contribution is 2.32. The number of aromatic nitrogens is 1. The van der Waals surface area contributed by atoms with Crippen molar-refractivity contribution < 1.29 is 4.42 Å². The zero-order chi connectivity index (χ0) is 11.5. The van der Waals surface area contributed by atoms with Crippen molar-refractivity contribution in [1.82, 2.24) is 4.98 Å². The second kappa shape index (κ2) is 5.01. The molecule has 0 saturated heterocycles. The third-order valence-electron chi connectivity index (χ3n) is 2.11. The van der Waals surface area contributed by atoms with E-state index in [1.807, 2.05) is 0 Å². The second-order valence-electron chi connectivity index (χ2n) is 3.42. The molecule has 0 radical (unpaired) electrons. The molecule has 1 aromatic carbocycles. The maximum atomic E-state index is 5.15. The van der Waals surface area contributed by atoms with Crippen molar-refractivity contribution in [2.24, 2.45) is 0 Å². The number of anilines is 1. The highest BCUT2D eigenvalue weighted by atomic mass is 79.9. The molecule has 0 aliphatic rings. The average Bonchev–Trinajstić information content (AvgIpc) is 2.68. The summed E-state index contributed by atoms with van der Waals surface area (Å²) in [4.78, 5) is 3.86. The van der Waals surface area contributed by atoms with Crippen molar-refractivity contribution in [3.63, 3.8) is 0 Å². The molecule has 84 valence electrons. The van der Waals surface area contributed by atoms with Gasteiger partial charge in [-0.3, -0.25) is 0 Å². The van der Waals surface area contributed by atoms with Crippen LogP contribution in [0.1, 0.15) is 11.3 Å². The third kappa shape index (κ3) is 2.65. The van der Waals surface area contributed by atoms with Crippen LogP contribution < -0.4 is 5.32 Å². The van der Waals surface area contributed by atoms with E-state index in [4.69, 9.17) is 4.42 Å². The molecular weight excluding hydrogens is 336 g/mol. The summed E-state index contributed by atoms with van der Waals surface area (Å²) < 4.78 is 7.21. The van der Waals surface area contributed by atoms with Crippen LogP contribution in [0.4, 0.5) is 5.69 Å². The van der Waals surface area contributed by atoms with E-state index in [0.717, 1.165) is 20.4 Å². The minimum Gasteiger partial charge on any atom is -0.447 e. The second-order valence-corrected chi connectivity index (χ2v) is 5.13. The van der Waals surface area contributed by atoms with Gasteiger partial charge in [-0.25, -0.2) is 4.98 Å². The molecule has 0 atom stereocenters. The van der Waals surface area contributed by atoms with Gasteiger partial charge in [0.25, 0.3) is 0 Å². The number of hydrogen-bond donors (Lipinski definition) is 1. The van der Waals surface area contributed by atoms with Crippen LogP contribution in [0, 0.1) is 6.92 Å². The normalized spacial score (nSPS) is 10.4. The molecule has 0 aliphatic carbocycles. The van der Waals surface area contributed by atoms with E-state index in [2.05, 4.69) is 61.2 Å². The van der Waals surface area contributed by atoms with Gasteiger partial charge in [0.2, 0.25) is 0 Å². The molecule has 3 nitrogen and oxygen atoms in total. The third-order valence-corrected chi connectivity index (χ3v) is 3.36. The number of oxazole rings is 1. The van der Waals surface area contributed by atoms with E-state index in [-0.39, 0.29) is 0 Å². The van der Waals surface area contributed by atoms with Crippen LogP contribution in [0.3, 0.4) is 0 Å². The molecule has 0 fully saturated rings. The Balaban J connectivity index is 2.15. The van der Waals surface area contributed by atoms with E-state index in [1.54, 1.807) is 6.20 Å². The van der Waals surface area contributed by atoms with Crippen molar-refractivity contribution in [3.8, 4) is 0 Å². The zero-order valence-corrected chi connectivity index (χ0v) is 11.8. The first-order valence-electron chi connectivity index (χ1n) is 4.73. The number of hydrogen-bond acceptors (Lipinski definition) is 3. The molecular formula is C11H10Br2N2O. The molecule has 2 rings (SSSR count). The number of aryl methyl sites for hydroxylation is 1. The Hall–Kier alpha value is -0.810. The fourth-order valence-corrected chi connectivity index (χ4v) is 3.07. The molecule has 1 aromatic heterocycles. The molecule has 0 unspecified atom stereocenters. The molecule has 0 amide bonds. The highest BCUT2D eigenvalue weighted by molar-refractivity contribution is 9.11. The first-order chi connectivity index (χ1) is 7.66. The first-order valence-corrected chi connectivity index (χ1v) is 6.32. The van der Waals surface area contributed by atoms with Gasteiger partial charge in [-0.1, -0.05) is 0 Å². The highest BCUT2D eigenvalue weighted by Gasteiger charge is 2.06. The van der Waals surface area contributed by atoms with Gasteiger partial charge in [0.15, 0.2) is 6.39 Å². The van der Waals surface area contributed by atoms with Crippen LogP contribution in [0.25, 0.3) is 0 Å². The predicted octanol–water partition coefficient (Wildman–Crippen LogP) is 4.12. The number of rotatable bonds is 3. The van der Waals surface area contributed by atoms with Crippen molar-refractivity contribution in [1.29, 1.82) is 0 Å². The lowest BCUT2D eigenvalue weighted by molar-refractivity contribution is 0.511. The summed E-state index contributed by atoms with van der Waals surface area (Å²) in [5, 5.41) is 3.28. The Morgan fingerprint density at radius 2 is 2.00 bits per heavy atom. The van der Waals surface area contributed by atoms with Crippen LogP contribution in [0.5, 0.6) is 0 Å². The number of nitrogens with zero attached hydrogens (tertiary/aromatic N) is 1. The van der Waals surface area contributed by atoms with Gasteiger partial charge in [0.05, 0.1) is 18.4 Å². The summed E-state index contributed by atoms with van der Waals surface area (Å²) in [7, 11) is 0. The Kier molecular flexibility index (Phi) is 3.66. The van der Waals surface area contributed by atoms with Crippen LogP contribution in [-0.4, -0.2) is 4.98 Å². The van der Waals surface area contributed by atoms with Crippen molar-refractivity contribution in [2.75, 3.05) is 5.32 Å². The van der Waals surface area contributed by atoms with Gasteiger partial charge in [0, 0.05) is 8.95 Å². The zero-order valence-electron chi connectivity index (χ0n) is 8.63. The number of halogens is 2. The van der Waals surface area contributed by atoms with Crippen molar-refractivity contribution in [2.45, 2.75) is 13.5 Å². The molecule has 2 aromatic rings. The van der Waals surface area contributed by atoms with Gasteiger partial charge in [-0.05, 0) is 56.5 Å². The van der Waals surface area contributed by atoms with Crippen LogP contribution in [0.15, 0.2) is 38.1 Å². The maximum absolute atomic E-state index is 5.15. The summed E-state index contributed by atoms with van der Waals surface area (Å²) in [6.07, 6.45) is 3.12. The number of benzene rings is 1. The summed E-state index contributed by atoms with van der Waals surface area (Å²) in [6, 6.07) is 4.13. The molecule has 0 spiro atoms. The van der Waals surface area contributed by atoms with Gasteiger partial charge < -0.3 is 9.73 Å². The quantitative estimate of drug-likeness (QED) is 0.909. The van der Waals surface area contributed by atoms with E-state index in [1.165, 1.54) is 12.0 Å². The fourth-order valence-electron chi connectivity index (χ4n) is 1.37. The summed E-state index contributed by atoms with van der Waals surface area (Å²) >= 11 is 7.05. The lowest BCUT2D eigenvalue weighted by Crippen LogP contribution is -2.00. The Morgan fingerprint density at radius 1 is 1.31 bits per heavy atom.